The van der Waals surface area contributed by atoms with Gasteiger partial charge in [-0.15, -0.1) is 0 Å². The van der Waals surface area contributed by atoms with Crippen LogP contribution < -0.4 is 16.2 Å². The third kappa shape index (κ3) is 1.99. The van der Waals surface area contributed by atoms with Gasteiger partial charge in [-0.25, -0.2) is 0 Å². The van der Waals surface area contributed by atoms with Crippen LogP contribution in [-0.2, 0) is 10.2 Å². The zero-order chi connectivity index (χ0) is 20.6. The quantitative estimate of drug-likeness (QED) is 0.325. The molecule has 0 fully saturated rings. The number of anilines is 3. The summed E-state index contributed by atoms with van der Waals surface area (Å²) in [6, 6.07) is 17.7. The first-order chi connectivity index (χ1) is 14.5. The van der Waals surface area contributed by atoms with Gasteiger partial charge in [-0.3, -0.25) is 14.6 Å². The van der Waals surface area contributed by atoms with Crippen molar-refractivity contribution in [2.24, 2.45) is 0 Å². The first kappa shape index (κ1) is 17.2. The van der Waals surface area contributed by atoms with E-state index in [-0.39, 0.29) is 16.2 Å². The van der Waals surface area contributed by atoms with Gasteiger partial charge in [0.05, 0.1) is 5.56 Å². The summed E-state index contributed by atoms with van der Waals surface area (Å²) in [5, 5.41) is 8.24. The highest BCUT2D eigenvalue weighted by Crippen LogP contribution is 2.55. The molecule has 4 aromatic rings. The van der Waals surface area contributed by atoms with Gasteiger partial charge in [-0.05, 0) is 42.0 Å². The summed E-state index contributed by atoms with van der Waals surface area (Å²) in [6.45, 7) is 1.98. The van der Waals surface area contributed by atoms with E-state index in [4.69, 9.17) is 12.2 Å². The Morgan fingerprint density at radius 1 is 0.867 bits per heavy atom. The predicted octanol–water partition coefficient (Wildman–Crippen LogP) is 4.24. The minimum atomic E-state index is -1.30. The summed E-state index contributed by atoms with van der Waals surface area (Å²) in [7, 11) is 0. The number of aryl methyl sites for hydroxylation is 1. The van der Waals surface area contributed by atoms with Crippen LogP contribution >= 0.6 is 12.2 Å². The average Bonchev–Trinajstić information content (AvgIpc) is 3.01. The molecule has 7 heteroatoms. The molecule has 1 spiro atoms. The molecule has 1 unspecified atom stereocenters. The van der Waals surface area contributed by atoms with E-state index in [1.807, 2.05) is 61.5 Å². The number of aromatic amines is 2. The summed E-state index contributed by atoms with van der Waals surface area (Å²) in [5.41, 5.74) is 2.65. The number of benzene rings is 3. The largest absolute Gasteiger partial charge is 0.341 e. The van der Waals surface area contributed by atoms with Crippen molar-refractivity contribution in [2.45, 2.75) is 12.3 Å². The van der Waals surface area contributed by atoms with Crippen LogP contribution in [0.15, 0.2) is 59.4 Å². The molecule has 0 aliphatic carbocycles. The van der Waals surface area contributed by atoms with Gasteiger partial charge in [0.1, 0.15) is 11.2 Å². The van der Waals surface area contributed by atoms with E-state index in [1.54, 1.807) is 0 Å². The average molecular weight is 412 g/mol. The van der Waals surface area contributed by atoms with Crippen molar-refractivity contribution < 1.29 is 4.79 Å². The van der Waals surface area contributed by atoms with Crippen LogP contribution in [0.5, 0.6) is 0 Å². The fraction of sp³-hybridized carbons (Fsp3) is 0.0870. The SMILES string of the molecule is Cc1ccc2c(c1)C1(C(=O)Nc3ccc4ccccc4c31)c1c([nH]c(=S)[nH]c1=O)N2. The topological polar surface area (TPSA) is 89.8 Å². The predicted molar refractivity (Wildman–Crippen MR) is 119 cm³/mol. The summed E-state index contributed by atoms with van der Waals surface area (Å²) in [6.07, 6.45) is 0. The van der Waals surface area contributed by atoms with Crippen molar-refractivity contribution in [1.29, 1.82) is 0 Å². The van der Waals surface area contributed by atoms with E-state index in [2.05, 4.69) is 20.6 Å². The van der Waals surface area contributed by atoms with Crippen LogP contribution in [-0.4, -0.2) is 15.9 Å². The smallest absolute Gasteiger partial charge is 0.258 e. The van der Waals surface area contributed by atoms with E-state index in [1.165, 1.54) is 0 Å². The van der Waals surface area contributed by atoms with Crippen molar-refractivity contribution >= 4 is 46.1 Å². The number of rotatable bonds is 0. The van der Waals surface area contributed by atoms with Crippen LogP contribution in [0.25, 0.3) is 10.8 Å². The Labute approximate surface area is 176 Å². The number of fused-ring (bicyclic) bond motifs is 8. The van der Waals surface area contributed by atoms with Crippen molar-refractivity contribution in [1.82, 2.24) is 9.97 Å². The Morgan fingerprint density at radius 3 is 2.53 bits per heavy atom. The van der Waals surface area contributed by atoms with Crippen molar-refractivity contribution in [3.63, 3.8) is 0 Å². The first-order valence-electron chi connectivity index (χ1n) is 9.59. The van der Waals surface area contributed by atoms with E-state index >= 15 is 0 Å². The third-order valence-electron chi connectivity index (χ3n) is 6.05. The Bertz CT molecular complexity index is 1530. The highest BCUT2D eigenvalue weighted by Gasteiger charge is 2.56. The van der Waals surface area contributed by atoms with E-state index in [9.17, 15) is 9.59 Å². The van der Waals surface area contributed by atoms with Gasteiger partial charge >= 0.3 is 0 Å². The molecule has 4 N–H and O–H groups in total. The maximum absolute atomic E-state index is 13.8. The molecule has 1 atom stereocenters. The van der Waals surface area contributed by atoms with Gasteiger partial charge < -0.3 is 15.6 Å². The van der Waals surface area contributed by atoms with E-state index in [0.717, 1.165) is 33.2 Å². The summed E-state index contributed by atoms with van der Waals surface area (Å²) in [4.78, 5) is 32.8. The molecule has 30 heavy (non-hydrogen) atoms. The Hall–Kier alpha value is -3.71. The standard InChI is InChI=1S/C23H16N4O2S/c1-11-6-8-15-14(10-11)23(18-19(24-15)26-22(30)27-20(18)28)17-13-5-3-2-4-12(13)7-9-16(17)25-21(23)29/h2-10H,1H3,(H,25,29)(H3,24,26,27,28,30). The number of aromatic nitrogens is 2. The molecule has 3 heterocycles. The molecule has 3 aromatic carbocycles. The first-order valence-corrected chi connectivity index (χ1v) is 10.00. The monoisotopic (exact) mass is 412 g/mol. The zero-order valence-corrected chi connectivity index (χ0v) is 16.7. The highest BCUT2D eigenvalue weighted by atomic mass is 32.1. The minimum absolute atomic E-state index is 0.202. The Kier molecular flexibility index (Phi) is 3.25. The second-order valence-corrected chi connectivity index (χ2v) is 8.15. The van der Waals surface area contributed by atoms with Crippen molar-refractivity contribution in [3.05, 3.63) is 92.0 Å². The molecular formula is C23H16N4O2S. The van der Waals surface area contributed by atoms with Crippen LogP contribution in [0.4, 0.5) is 17.2 Å². The van der Waals surface area contributed by atoms with Crippen molar-refractivity contribution in [3.8, 4) is 0 Å². The maximum atomic E-state index is 13.8. The molecular weight excluding hydrogens is 396 g/mol. The van der Waals surface area contributed by atoms with Crippen LogP contribution in [0.1, 0.15) is 22.3 Å². The third-order valence-corrected chi connectivity index (χ3v) is 6.25. The fourth-order valence-corrected chi connectivity index (χ4v) is 5.08. The summed E-state index contributed by atoms with van der Waals surface area (Å²) < 4.78 is 0.202. The number of nitrogens with one attached hydrogen (secondary N) is 4. The van der Waals surface area contributed by atoms with Gasteiger partial charge in [0.25, 0.3) is 5.56 Å². The van der Waals surface area contributed by atoms with Crippen LogP contribution in [0.3, 0.4) is 0 Å². The number of amides is 1. The van der Waals surface area contributed by atoms with E-state index < -0.39 is 5.41 Å². The zero-order valence-electron chi connectivity index (χ0n) is 15.9. The van der Waals surface area contributed by atoms with Gasteiger partial charge in [0.15, 0.2) is 4.77 Å². The molecule has 2 aliphatic heterocycles. The lowest BCUT2D eigenvalue weighted by atomic mass is 9.67. The molecule has 146 valence electrons. The molecule has 1 amide bonds. The second kappa shape index (κ2) is 5.67. The molecule has 0 saturated carbocycles. The van der Waals surface area contributed by atoms with Gasteiger partial charge in [0, 0.05) is 22.5 Å². The lowest BCUT2D eigenvalue weighted by Crippen LogP contribution is -2.45. The number of carbonyl (C=O) groups excluding carboxylic acids is 1. The van der Waals surface area contributed by atoms with Gasteiger partial charge in [0.2, 0.25) is 5.91 Å². The normalized spacial score (nSPS) is 18.5. The maximum Gasteiger partial charge on any atom is 0.258 e. The molecule has 0 radical (unpaired) electrons. The Balaban J connectivity index is 1.89. The molecule has 0 bridgehead atoms. The van der Waals surface area contributed by atoms with Gasteiger partial charge in [-0.2, -0.15) is 0 Å². The van der Waals surface area contributed by atoms with Crippen LogP contribution in [0, 0.1) is 11.7 Å². The summed E-state index contributed by atoms with van der Waals surface area (Å²) in [5.74, 6) is 0.190. The lowest BCUT2D eigenvalue weighted by Gasteiger charge is -2.36. The molecule has 2 aliphatic rings. The second-order valence-electron chi connectivity index (χ2n) is 7.75. The number of hydrogen-bond donors (Lipinski definition) is 4. The fourth-order valence-electron chi connectivity index (χ4n) is 4.89. The highest BCUT2D eigenvalue weighted by molar-refractivity contribution is 7.71. The van der Waals surface area contributed by atoms with E-state index in [0.29, 0.717) is 17.1 Å². The molecule has 6 rings (SSSR count). The lowest BCUT2D eigenvalue weighted by molar-refractivity contribution is -0.118. The minimum Gasteiger partial charge on any atom is -0.341 e. The Morgan fingerprint density at radius 2 is 1.67 bits per heavy atom. The molecule has 1 aromatic heterocycles. The molecule has 6 nitrogen and oxygen atoms in total. The number of H-pyrrole nitrogens is 2. The molecule has 0 saturated heterocycles. The van der Waals surface area contributed by atoms with Crippen LogP contribution in [0.2, 0.25) is 0 Å². The van der Waals surface area contributed by atoms with Gasteiger partial charge in [-0.1, -0.05) is 48.0 Å². The summed E-state index contributed by atoms with van der Waals surface area (Å²) >= 11 is 5.20. The van der Waals surface area contributed by atoms with Crippen molar-refractivity contribution in [2.75, 3.05) is 10.6 Å². The number of hydrogen-bond acceptors (Lipinski definition) is 4. The number of carbonyl (C=O) groups is 1.